The van der Waals surface area contributed by atoms with Crippen molar-refractivity contribution in [2.24, 2.45) is 0 Å². The fourth-order valence-corrected chi connectivity index (χ4v) is 2.34. The van der Waals surface area contributed by atoms with Gasteiger partial charge in [0, 0.05) is 12.2 Å². The Morgan fingerprint density at radius 1 is 1.24 bits per heavy atom. The molecule has 0 heterocycles. The molecular weight excluding hydrogens is 313 g/mol. The van der Waals surface area contributed by atoms with Crippen molar-refractivity contribution >= 4 is 34.9 Å². The predicted octanol–water partition coefficient (Wildman–Crippen LogP) is 4.10. The zero-order valence-corrected chi connectivity index (χ0v) is 12.7. The van der Waals surface area contributed by atoms with Crippen LogP contribution in [0.5, 0.6) is 5.75 Å². The lowest BCUT2D eigenvalue weighted by Crippen LogP contribution is -2.09. The molecule has 0 fully saturated rings. The molecule has 2 aromatic carbocycles. The van der Waals surface area contributed by atoms with Crippen molar-refractivity contribution in [1.29, 1.82) is 0 Å². The van der Waals surface area contributed by atoms with Crippen molar-refractivity contribution < 1.29 is 14.6 Å². The summed E-state index contributed by atoms with van der Waals surface area (Å²) in [6.45, 7) is 0.392. The molecule has 0 spiro atoms. The number of hydrogen-bond donors (Lipinski definition) is 2. The van der Waals surface area contributed by atoms with Gasteiger partial charge in [0.2, 0.25) is 0 Å². The lowest BCUT2D eigenvalue weighted by atomic mass is 10.1. The smallest absolute Gasteiger partial charge is 0.338 e. The summed E-state index contributed by atoms with van der Waals surface area (Å²) in [6.07, 6.45) is 0. The Balaban J connectivity index is 2.19. The molecular formula is C15H13Cl2NO3. The standard InChI is InChI=1S/C15H13Cl2NO3/c1-21-15(20)11-5-3-2-4-9(11)8-18-10-6-12(16)14(19)13(17)7-10/h2-7,18-19H,8H2,1H3. The number of benzene rings is 2. The minimum absolute atomic E-state index is 0.154. The quantitative estimate of drug-likeness (QED) is 0.656. The van der Waals surface area contributed by atoms with E-state index < -0.39 is 5.97 Å². The van der Waals surface area contributed by atoms with E-state index in [0.29, 0.717) is 17.8 Å². The minimum atomic E-state index is -0.394. The first-order valence-electron chi connectivity index (χ1n) is 6.11. The molecule has 0 aliphatic carbocycles. The van der Waals surface area contributed by atoms with Crippen LogP contribution in [0.4, 0.5) is 5.69 Å². The van der Waals surface area contributed by atoms with Gasteiger partial charge in [-0.15, -0.1) is 0 Å². The van der Waals surface area contributed by atoms with Crippen LogP contribution in [-0.4, -0.2) is 18.2 Å². The normalized spacial score (nSPS) is 10.2. The predicted molar refractivity (Wildman–Crippen MR) is 83.2 cm³/mol. The summed E-state index contributed by atoms with van der Waals surface area (Å²) in [5.41, 5.74) is 1.91. The number of ether oxygens (including phenoxy) is 1. The van der Waals surface area contributed by atoms with Gasteiger partial charge in [-0.3, -0.25) is 0 Å². The summed E-state index contributed by atoms with van der Waals surface area (Å²) in [4.78, 5) is 11.7. The van der Waals surface area contributed by atoms with Crippen LogP contribution >= 0.6 is 23.2 Å². The molecule has 2 aromatic rings. The van der Waals surface area contributed by atoms with Gasteiger partial charge in [0.05, 0.1) is 22.7 Å². The number of carbonyl (C=O) groups is 1. The number of nitrogens with one attached hydrogen (secondary N) is 1. The van der Waals surface area contributed by atoms with E-state index in [9.17, 15) is 9.90 Å². The highest BCUT2D eigenvalue weighted by molar-refractivity contribution is 6.37. The number of anilines is 1. The van der Waals surface area contributed by atoms with Crippen LogP contribution in [0.15, 0.2) is 36.4 Å². The van der Waals surface area contributed by atoms with Gasteiger partial charge in [-0.05, 0) is 23.8 Å². The molecule has 0 radical (unpaired) electrons. The Morgan fingerprint density at radius 2 is 1.86 bits per heavy atom. The van der Waals surface area contributed by atoms with E-state index >= 15 is 0 Å². The SMILES string of the molecule is COC(=O)c1ccccc1CNc1cc(Cl)c(O)c(Cl)c1. The number of halogens is 2. The molecule has 0 bridgehead atoms. The van der Waals surface area contributed by atoms with Gasteiger partial charge in [-0.25, -0.2) is 4.79 Å². The average Bonchev–Trinajstić information content (AvgIpc) is 2.50. The van der Waals surface area contributed by atoms with Crippen LogP contribution in [-0.2, 0) is 11.3 Å². The number of rotatable bonds is 4. The number of methoxy groups -OCH3 is 1. The number of phenolic OH excluding ortho intramolecular Hbond substituents is 1. The van der Waals surface area contributed by atoms with E-state index in [2.05, 4.69) is 5.32 Å². The zero-order chi connectivity index (χ0) is 15.4. The molecule has 21 heavy (non-hydrogen) atoms. The number of hydrogen-bond acceptors (Lipinski definition) is 4. The molecule has 0 amide bonds. The molecule has 4 nitrogen and oxygen atoms in total. The lowest BCUT2D eigenvalue weighted by molar-refractivity contribution is 0.0599. The fraction of sp³-hybridized carbons (Fsp3) is 0.133. The van der Waals surface area contributed by atoms with Crippen molar-refractivity contribution in [1.82, 2.24) is 0 Å². The van der Waals surface area contributed by atoms with Gasteiger partial charge in [-0.1, -0.05) is 41.4 Å². The second-order valence-electron chi connectivity index (χ2n) is 4.29. The summed E-state index contributed by atoms with van der Waals surface area (Å²) in [6, 6.07) is 10.2. The number of carbonyl (C=O) groups excluding carboxylic acids is 1. The van der Waals surface area contributed by atoms with E-state index in [1.54, 1.807) is 24.3 Å². The molecule has 0 saturated carbocycles. The van der Waals surface area contributed by atoms with Crippen LogP contribution in [0.25, 0.3) is 0 Å². The van der Waals surface area contributed by atoms with Crippen molar-refractivity contribution in [3.8, 4) is 5.75 Å². The molecule has 0 saturated heterocycles. The summed E-state index contributed by atoms with van der Waals surface area (Å²) in [7, 11) is 1.34. The van der Waals surface area contributed by atoms with Gasteiger partial charge in [-0.2, -0.15) is 0 Å². The highest BCUT2D eigenvalue weighted by Gasteiger charge is 2.11. The molecule has 6 heteroatoms. The maximum atomic E-state index is 11.7. The molecule has 2 N–H and O–H groups in total. The van der Waals surface area contributed by atoms with Gasteiger partial charge in [0.15, 0.2) is 5.75 Å². The Morgan fingerprint density at radius 3 is 2.48 bits per heavy atom. The molecule has 2 rings (SSSR count). The van der Waals surface area contributed by atoms with Crippen molar-refractivity contribution in [3.63, 3.8) is 0 Å². The van der Waals surface area contributed by atoms with Crippen LogP contribution < -0.4 is 5.32 Å². The molecule has 0 aliphatic rings. The Bertz CT molecular complexity index is 651. The third-order valence-corrected chi connectivity index (χ3v) is 3.50. The number of esters is 1. The third kappa shape index (κ3) is 3.60. The van der Waals surface area contributed by atoms with Crippen LogP contribution in [0.2, 0.25) is 10.0 Å². The zero-order valence-electron chi connectivity index (χ0n) is 11.2. The van der Waals surface area contributed by atoms with Crippen LogP contribution in [0.1, 0.15) is 15.9 Å². The summed E-state index contributed by atoms with van der Waals surface area (Å²) >= 11 is 11.7. The molecule has 0 atom stereocenters. The highest BCUT2D eigenvalue weighted by Crippen LogP contribution is 2.34. The summed E-state index contributed by atoms with van der Waals surface area (Å²) in [5.74, 6) is -0.548. The molecule has 0 aromatic heterocycles. The number of aromatic hydroxyl groups is 1. The first kappa shape index (κ1) is 15.5. The van der Waals surface area contributed by atoms with Crippen molar-refractivity contribution in [3.05, 3.63) is 57.6 Å². The number of phenols is 1. The van der Waals surface area contributed by atoms with E-state index in [0.717, 1.165) is 5.56 Å². The lowest BCUT2D eigenvalue weighted by Gasteiger charge is -2.11. The van der Waals surface area contributed by atoms with Gasteiger partial charge in [0.25, 0.3) is 0 Å². The van der Waals surface area contributed by atoms with E-state index in [4.69, 9.17) is 27.9 Å². The van der Waals surface area contributed by atoms with Gasteiger partial charge in [0.1, 0.15) is 0 Å². The fourth-order valence-electron chi connectivity index (χ4n) is 1.85. The maximum Gasteiger partial charge on any atom is 0.338 e. The highest BCUT2D eigenvalue weighted by atomic mass is 35.5. The van der Waals surface area contributed by atoms with Crippen LogP contribution in [0.3, 0.4) is 0 Å². The van der Waals surface area contributed by atoms with Gasteiger partial charge < -0.3 is 15.2 Å². The monoisotopic (exact) mass is 325 g/mol. The van der Waals surface area contributed by atoms with E-state index in [-0.39, 0.29) is 15.8 Å². The van der Waals surface area contributed by atoms with E-state index in [1.807, 2.05) is 12.1 Å². The minimum Gasteiger partial charge on any atom is -0.505 e. The largest absolute Gasteiger partial charge is 0.505 e. The summed E-state index contributed by atoms with van der Waals surface area (Å²) in [5, 5.41) is 12.9. The first-order valence-corrected chi connectivity index (χ1v) is 6.86. The summed E-state index contributed by atoms with van der Waals surface area (Å²) < 4.78 is 4.74. The first-order chi connectivity index (χ1) is 10.0. The van der Waals surface area contributed by atoms with Gasteiger partial charge >= 0.3 is 5.97 Å². The second kappa shape index (κ2) is 6.70. The topological polar surface area (TPSA) is 58.6 Å². The van der Waals surface area contributed by atoms with Crippen molar-refractivity contribution in [2.75, 3.05) is 12.4 Å². The average molecular weight is 326 g/mol. The Kier molecular flexibility index (Phi) is 4.94. The molecule has 0 unspecified atom stereocenters. The van der Waals surface area contributed by atoms with E-state index in [1.165, 1.54) is 7.11 Å². The maximum absolute atomic E-state index is 11.7. The Hall–Kier alpha value is -1.91. The molecule has 0 aliphatic heterocycles. The molecule has 110 valence electrons. The Labute approximate surface area is 132 Å². The second-order valence-corrected chi connectivity index (χ2v) is 5.11. The van der Waals surface area contributed by atoms with Crippen LogP contribution in [0, 0.1) is 0 Å². The third-order valence-electron chi connectivity index (χ3n) is 2.92. The van der Waals surface area contributed by atoms with Crippen molar-refractivity contribution in [2.45, 2.75) is 6.54 Å².